The van der Waals surface area contributed by atoms with Gasteiger partial charge in [0, 0.05) is 6.54 Å². The van der Waals surface area contributed by atoms with E-state index in [2.05, 4.69) is 0 Å². The summed E-state index contributed by atoms with van der Waals surface area (Å²) in [5.41, 5.74) is 5.55. The fourth-order valence-corrected chi connectivity index (χ4v) is 2.39. The number of nitrogens with two attached hydrogens (primary N) is 1. The standard InChI is InChI=1S/C14H20F5N3O3/c1-7(2)10(11(24)13(15,16)14(17,18)19)21-9(23)6-22-5-3-4-8(20)12(22)25/h7-8,10H,3-6,20H2,1-2H3,(H,21,23)/t8-,10?/m0/s1. The molecule has 0 spiro atoms. The Labute approximate surface area is 140 Å². The van der Waals surface area contributed by atoms with Crippen LogP contribution in [0.15, 0.2) is 0 Å². The summed E-state index contributed by atoms with van der Waals surface area (Å²) in [4.78, 5) is 36.4. The maximum atomic E-state index is 13.2. The van der Waals surface area contributed by atoms with Crippen molar-refractivity contribution in [1.82, 2.24) is 10.2 Å². The first kappa shape index (κ1) is 21.3. The number of nitrogens with one attached hydrogen (secondary N) is 1. The number of amides is 2. The molecule has 1 saturated heterocycles. The molecule has 25 heavy (non-hydrogen) atoms. The van der Waals surface area contributed by atoms with Crippen molar-refractivity contribution in [2.24, 2.45) is 11.7 Å². The van der Waals surface area contributed by atoms with Crippen LogP contribution in [0.3, 0.4) is 0 Å². The number of Topliss-reactive ketones (excluding diaryl/α,β-unsaturated/α-hetero) is 1. The number of likely N-dealkylation sites (tertiary alicyclic amines) is 1. The Kier molecular flexibility index (Phi) is 6.49. The van der Waals surface area contributed by atoms with Crippen molar-refractivity contribution >= 4 is 17.6 Å². The van der Waals surface area contributed by atoms with Crippen LogP contribution in [-0.4, -0.2) is 59.8 Å². The molecule has 2 amide bonds. The second-order valence-electron chi connectivity index (χ2n) is 6.23. The van der Waals surface area contributed by atoms with Gasteiger partial charge in [-0.05, 0) is 18.8 Å². The first-order chi connectivity index (χ1) is 11.3. The van der Waals surface area contributed by atoms with Crippen molar-refractivity contribution < 1.29 is 36.3 Å². The highest BCUT2D eigenvalue weighted by Gasteiger charge is 2.64. The second-order valence-corrected chi connectivity index (χ2v) is 6.23. The minimum atomic E-state index is -6.06. The molecule has 0 radical (unpaired) electrons. The summed E-state index contributed by atoms with van der Waals surface area (Å²) in [5.74, 6) is -10.6. The third-order valence-electron chi connectivity index (χ3n) is 3.84. The van der Waals surface area contributed by atoms with E-state index in [1.807, 2.05) is 5.32 Å². The van der Waals surface area contributed by atoms with E-state index >= 15 is 0 Å². The van der Waals surface area contributed by atoms with Gasteiger partial charge < -0.3 is 16.0 Å². The van der Waals surface area contributed by atoms with E-state index in [0.29, 0.717) is 12.8 Å². The summed E-state index contributed by atoms with van der Waals surface area (Å²) in [5, 5.41) is 1.87. The summed E-state index contributed by atoms with van der Waals surface area (Å²) in [6.07, 6.45) is -5.10. The number of carbonyl (C=O) groups is 3. The summed E-state index contributed by atoms with van der Waals surface area (Å²) in [7, 11) is 0. The van der Waals surface area contributed by atoms with Gasteiger partial charge >= 0.3 is 12.1 Å². The number of hydrogen-bond donors (Lipinski definition) is 2. The van der Waals surface area contributed by atoms with Crippen LogP contribution in [0.25, 0.3) is 0 Å². The Bertz CT molecular complexity index is 536. The van der Waals surface area contributed by atoms with E-state index in [9.17, 15) is 36.3 Å². The lowest BCUT2D eigenvalue weighted by atomic mass is 9.95. The van der Waals surface area contributed by atoms with Gasteiger partial charge in [-0.2, -0.15) is 22.0 Å². The molecule has 0 aromatic heterocycles. The molecule has 0 aromatic rings. The molecular weight excluding hydrogens is 353 g/mol. The largest absolute Gasteiger partial charge is 0.461 e. The van der Waals surface area contributed by atoms with Crippen molar-refractivity contribution in [3.05, 3.63) is 0 Å². The lowest BCUT2D eigenvalue weighted by molar-refractivity contribution is -0.269. The molecule has 144 valence electrons. The van der Waals surface area contributed by atoms with Crippen molar-refractivity contribution in [2.45, 2.75) is 50.9 Å². The highest BCUT2D eigenvalue weighted by atomic mass is 19.4. The second kappa shape index (κ2) is 7.63. The maximum absolute atomic E-state index is 13.2. The SMILES string of the molecule is CC(C)C(NC(=O)CN1CCC[C@H](N)C1=O)C(=O)C(F)(F)C(F)(F)F. The van der Waals surface area contributed by atoms with Crippen molar-refractivity contribution in [3.8, 4) is 0 Å². The van der Waals surface area contributed by atoms with Crippen LogP contribution in [0.2, 0.25) is 0 Å². The average molecular weight is 373 g/mol. The predicted octanol–water partition coefficient (Wildman–Crippen LogP) is 0.844. The molecule has 6 nitrogen and oxygen atoms in total. The van der Waals surface area contributed by atoms with Crippen LogP contribution in [0.5, 0.6) is 0 Å². The third kappa shape index (κ3) is 4.86. The van der Waals surface area contributed by atoms with Crippen LogP contribution in [0.4, 0.5) is 22.0 Å². The highest BCUT2D eigenvalue weighted by Crippen LogP contribution is 2.37. The molecule has 0 aliphatic carbocycles. The zero-order valence-corrected chi connectivity index (χ0v) is 13.7. The maximum Gasteiger partial charge on any atom is 0.461 e. The molecule has 1 aliphatic heterocycles. The summed E-state index contributed by atoms with van der Waals surface area (Å²) in [6, 6.07) is -2.84. The Morgan fingerprint density at radius 2 is 1.84 bits per heavy atom. The fourth-order valence-electron chi connectivity index (χ4n) is 2.39. The van der Waals surface area contributed by atoms with Gasteiger partial charge in [-0.25, -0.2) is 0 Å². The van der Waals surface area contributed by atoms with Crippen LogP contribution in [-0.2, 0) is 14.4 Å². The first-order valence-corrected chi connectivity index (χ1v) is 7.61. The van der Waals surface area contributed by atoms with E-state index < -0.39 is 54.2 Å². The topological polar surface area (TPSA) is 92.5 Å². The van der Waals surface area contributed by atoms with Crippen LogP contribution in [0.1, 0.15) is 26.7 Å². The van der Waals surface area contributed by atoms with Gasteiger partial charge in [0.2, 0.25) is 17.6 Å². The molecule has 0 saturated carbocycles. The van der Waals surface area contributed by atoms with Crippen LogP contribution in [0, 0.1) is 5.92 Å². The molecule has 11 heteroatoms. The Hall–Kier alpha value is -1.78. The molecule has 2 atom stereocenters. The zero-order valence-electron chi connectivity index (χ0n) is 13.7. The number of piperidine rings is 1. The first-order valence-electron chi connectivity index (χ1n) is 7.61. The lowest BCUT2D eigenvalue weighted by Crippen LogP contribution is -2.58. The van der Waals surface area contributed by atoms with Gasteiger partial charge in [0.1, 0.15) is 0 Å². The Morgan fingerprint density at radius 3 is 2.32 bits per heavy atom. The molecule has 1 unspecified atom stereocenters. The minimum absolute atomic E-state index is 0.207. The van der Waals surface area contributed by atoms with Crippen LogP contribution >= 0.6 is 0 Å². The smallest absolute Gasteiger partial charge is 0.344 e. The van der Waals surface area contributed by atoms with E-state index in [1.165, 1.54) is 13.8 Å². The van der Waals surface area contributed by atoms with Gasteiger partial charge in [0.15, 0.2) is 0 Å². The molecule has 1 heterocycles. The van der Waals surface area contributed by atoms with Gasteiger partial charge in [0.05, 0.1) is 18.6 Å². The summed E-state index contributed by atoms with van der Waals surface area (Å²) < 4.78 is 63.6. The van der Waals surface area contributed by atoms with E-state index in [4.69, 9.17) is 5.73 Å². The molecule has 1 rings (SSSR count). The van der Waals surface area contributed by atoms with Crippen LogP contribution < -0.4 is 11.1 Å². The molecule has 0 aromatic carbocycles. The normalized spacial score (nSPS) is 20.6. The average Bonchev–Trinajstić information content (AvgIpc) is 2.47. The molecular formula is C14H20F5N3O3. The predicted molar refractivity (Wildman–Crippen MR) is 76.6 cm³/mol. The highest BCUT2D eigenvalue weighted by molar-refractivity contribution is 5.95. The third-order valence-corrected chi connectivity index (χ3v) is 3.84. The van der Waals surface area contributed by atoms with Gasteiger partial charge in [-0.15, -0.1) is 0 Å². The monoisotopic (exact) mass is 373 g/mol. The molecule has 0 bridgehead atoms. The van der Waals surface area contributed by atoms with Gasteiger partial charge in [-0.1, -0.05) is 13.8 Å². The molecule has 1 fully saturated rings. The van der Waals surface area contributed by atoms with Crippen molar-refractivity contribution in [2.75, 3.05) is 13.1 Å². The number of halogens is 5. The Morgan fingerprint density at radius 1 is 1.28 bits per heavy atom. The lowest BCUT2D eigenvalue weighted by Gasteiger charge is -2.31. The summed E-state index contributed by atoms with van der Waals surface area (Å²) >= 11 is 0. The van der Waals surface area contributed by atoms with Crippen molar-refractivity contribution in [1.29, 1.82) is 0 Å². The van der Waals surface area contributed by atoms with Crippen molar-refractivity contribution in [3.63, 3.8) is 0 Å². The molecule has 1 aliphatic rings. The number of ketones is 1. The molecule has 3 N–H and O–H groups in total. The zero-order chi connectivity index (χ0) is 19.6. The number of carbonyl (C=O) groups excluding carboxylic acids is 3. The van der Waals surface area contributed by atoms with Gasteiger partial charge in [0.25, 0.3) is 0 Å². The Balaban J connectivity index is 2.83. The number of alkyl halides is 5. The van der Waals surface area contributed by atoms with Gasteiger partial charge in [-0.3, -0.25) is 14.4 Å². The number of hydrogen-bond acceptors (Lipinski definition) is 4. The fraction of sp³-hybridized carbons (Fsp3) is 0.786. The van der Waals surface area contributed by atoms with E-state index in [0.717, 1.165) is 4.90 Å². The van der Waals surface area contributed by atoms with E-state index in [-0.39, 0.29) is 6.54 Å². The van der Waals surface area contributed by atoms with E-state index in [1.54, 1.807) is 0 Å². The quantitative estimate of drug-likeness (QED) is 0.675. The number of nitrogens with zero attached hydrogens (tertiary/aromatic N) is 1. The summed E-state index contributed by atoms with van der Waals surface area (Å²) in [6.45, 7) is 2.08. The minimum Gasteiger partial charge on any atom is -0.344 e. The number of rotatable bonds is 6.